The van der Waals surface area contributed by atoms with Gasteiger partial charge in [0.05, 0.1) is 5.69 Å². The summed E-state index contributed by atoms with van der Waals surface area (Å²) in [6.45, 7) is 1.87. The minimum absolute atomic E-state index is 0.411. The van der Waals surface area contributed by atoms with Gasteiger partial charge in [-0.3, -0.25) is 4.98 Å². The molecule has 0 bridgehead atoms. The number of hydrogen-bond acceptors (Lipinski definition) is 3. The van der Waals surface area contributed by atoms with Gasteiger partial charge in [-0.25, -0.2) is 4.98 Å². The lowest BCUT2D eigenvalue weighted by atomic mass is 10.3. The van der Waals surface area contributed by atoms with Gasteiger partial charge in [0.2, 0.25) is 5.88 Å². The van der Waals surface area contributed by atoms with E-state index in [9.17, 15) is 0 Å². The van der Waals surface area contributed by atoms with Crippen molar-refractivity contribution < 1.29 is 4.74 Å². The van der Waals surface area contributed by atoms with E-state index < -0.39 is 0 Å². The Hall–Kier alpha value is -1.61. The van der Waals surface area contributed by atoms with Gasteiger partial charge in [-0.15, -0.1) is 0 Å². The lowest BCUT2D eigenvalue weighted by Crippen LogP contribution is -1.91. The lowest BCUT2D eigenvalue weighted by molar-refractivity contribution is 0.457. The Morgan fingerprint density at radius 3 is 2.80 bits per heavy atom. The monoisotopic (exact) mass is 220 g/mol. The van der Waals surface area contributed by atoms with Crippen molar-refractivity contribution in [1.82, 2.24) is 9.97 Å². The third-order valence-electron chi connectivity index (χ3n) is 1.86. The highest BCUT2D eigenvalue weighted by Gasteiger charge is 2.02. The maximum Gasteiger partial charge on any atom is 0.220 e. The highest BCUT2D eigenvalue weighted by molar-refractivity contribution is 6.29. The number of rotatable bonds is 2. The van der Waals surface area contributed by atoms with E-state index in [1.54, 1.807) is 24.4 Å². The SMILES string of the molecule is Cc1ncccc1Oc1cccc(Cl)n1. The van der Waals surface area contributed by atoms with Gasteiger partial charge >= 0.3 is 0 Å². The Bertz CT molecular complexity index is 474. The van der Waals surface area contributed by atoms with Crippen LogP contribution >= 0.6 is 11.6 Å². The van der Waals surface area contributed by atoms with Crippen LogP contribution in [0.2, 0.25) is 5.15 Å². The standard InChI is InChI=1S/C11H9ClN2O/c1-8-9(4-3-7-13-8)15-11-6-2-5-10(12)14-11/h2-7H,1H3. The van der Waals surface area contributed by atoms with E-state index >= 15 is 0 Å². The summed E-state index contributed by atoms with van der Waals surface area (Å²) in [5.41, 5.74) is 0.819. The van der Waals surface area contributed by atoms with Crippen molar-refractivity contribution >= 4 is 11.6 Å². The average molecular weight is 221 g/mol. The van der Waals surface area contributed by atoms with Crippen LogP contribution in [0.15, 0.2) is 36.5 Å². The number of aromatic nitrogens is 2. The van der Waals surface area contributed by atoms with Crippen LogP contribution in [-0.4, -0.2) is 9.97 Å². The molecule has 0 aliphatic heterocycles. The number of hydrogen-bond donors (Lipinski definition) is 0. The molecule has 0 N–H and O–H groups in total. The van der Waals surface area contributed by atoms with Gasteiger partial charge in [0.1, 0.15) is 5.15 Å². The van der Waals surface area contributed by atoms with Gasteiger partial charge in [-0.2, -0.15) is 0 Å². The first kappa shape index (κ1) is 9.93. The van der Waals surface area contributed by atoms with E-state index in [2.05, 4.69) is 9.97 Å². The summed E-state index contributed by atoms with van der Waals surface area (Å²) < 4.78 is 5.53. The van der Waals surface area contributed by atoms with Gasteiger partial charge in [0.25, 0.3) is 0 Å². The highest BCUT2D eigenvalue weighted by Crippen LogP contribution is 2.22. The second-order valence-electron chi connectivity index (χ2n) is 2.99. The quantitative estimate of drug-likeness (QED) is 0.729. The molecule has 2 aromatic rings. The first-order valence-electron chi connectivity index (χ1n) is 4.48. The van der Waals surface area contributed by atoms with Crippen molar-refractivity contribution in [3.05, 3.63) is 47.4 Å². The zero-order valence-electron chi connectivity index (χ0n) is 8.14. The molecule has 0 unspecified atom stereocenters. The fourth-order valence-corrected chi connectivity index (χ4v) is 1.29. The molecule has 0 amide bonds. The van der Waals surface area contributed by atoms with Crippen LogP contribution in [0.1, 0.15) is 5.69 Å². The second-order valence-corrected chi connectivity index (χ2v) is 3.37. The fourth-order valence-electron chi connectivity index (χ4n) is 1.14. The number of pyridine rings is 2. The summed E-state index contributed by atoms with van der Waals surface area (Å²) in [7, 11) is 0. The minimum atomic E-state index is 0.411. The number of ether oxygens (including phenoxy) is 1. The maximum absolute atomic E-state index is 5.74. The Morgan fingerprint density at radius 2 is 2.07 bits per heavy atom. The zero-order chi connectivity index (χ0) is 10.7. The summed E-state index contributed by atoms with van der Waals surface area (Å²) in [6.07, 6.45) is 1.72. The van der Waals surface area contributed by atoms with Gasteiger partial charge in [0.15, 0.2) is 5.75 Å². The zero-order valence-corrected chi connectivity index (χ0v) is 8.90. The molecule has 0 saturated heterocycles. The average Bonchev–Trinajstić information content (AvgIpc) is 2.22. The van der Waals surface area contributed by atoms with Crippen LogP contribution in [0.4, 0.5) is 0 Å². The van der Waals surface area contributed by atoms with Crippen LogP contribution in [0.5, 0.6) is 11.6 Å². The predicted molar refractivity (Wildman–Crippen MR) is 58.3 cm³/mol. The summed E-state index contributed by atoms with van der Waals surface area (Å²) in [5.74, 6) is 1.16. The normalized spacial score (nSPS) is 10.0. The van der Waals surface area contributed by atoms with E-state index in [4.69, 9.17) is 16.3 Å². The molecular weight excluding hydrogens is 212 g/mol. The predicted octanol–water partition coefficient (Wildman–Crippen LogP) is 3.23. The summed E-state index contributed by atoms with van der Waals surface area (Å²) in [6, 6.07) is 8.89. The lowest BCUT2D eigenvalue weighted by Gasteiger charge is -2.06. The summed E-state index contributed by atoms with van der Waals surface area (Å²) >= 11 is 5.74. The van der Waals surface area contributed by atoms with Crippen LogP contribution < -0.4 is 4.74 Å². The van der Waals surface area contributed by atoms with Crippen LogP contribution in [0.25, 0.3) is 0 Å². The van der Waals surface area contributed by atoms with Crippen molar-refractivity contribution in [2.45, 2.75) is 6.92 Å². The van der Waals surface area contributed by atoms with Crippen LogP contribution in [0, 0.1) is 6.92 Å². The molecule has 0 fully saturated rings. The number of halogens is 1. The maximum atomic E-state index is 5.74. The Balaban J connectivity index is 2.26. The molecule has 15 heavy (non-hydrogen) atoms. The molecule has 2 heterocycles. The molecule has 2 aromatic heterocycles. The molecule has 0 aromatic carbocycles. The van der Waals surface area contributed by atoms with Gasteiger partial charge < -0.3 is 4.74 Å². The first-order valence-corrected chi connectivity index (χ1v) is 4.85. The van der Waals surface area contributed by atoms with Crippen molar-refractivity contribution in [2.24, 2.45) is 0 Å². The van der Waals surface area contributed by atoms with Crippen molar-refractivity contribution in [2.75, 3.05) is 0 Å². The van der Waals surface area contributed by atoms with Crippen LogP contribution in [0.3, 0.4) is 0 Å². The summed E-state index contributed by atoms with van der Waals surface area (Å²) in [5, 5.41) is 0.411. The van der Waals surface area contributed by atoms with Crippen molar-refractivity contribution in [1.29, 1.82) is 0 Å². The third kappa shape index (κ3) is 2.44. The number of aryl methyl sites for hydroxylation is 1. The van der Waals surface area contributed by atoms with E-state index in [0.717, 1.165) is 5.69 Å². The van der Waals surface area contributed by atoms with Crippen molar-refractivity contribution in [3.63, 3.8) is 0 Å². The molecule has 0 radical (unpaired) electrons. The fraction of sp³-hybridized carbons (Fsp3) is 0.0909. The first-order chi connectivity index (χ1) is 7.25. The van der Waals surface area contributed by atoms with Crippen molar-refractivity contribution in [3.8, 4) is 11.6 Å². The van der Waals surface area contributed by atoms with E-state index in [0.29, 0.717) is 16.8 Å². The topological polar surface area (TPSA) is 35.0 Å². The summed E-state index contributed by atoms with van der Waals surface area (Å²) in [4.78, 5) is 8.14. The molecule has 4 heteroatoms. The molecule has 0 aliphatic carbocycles. The Morgan fingerprint density at radius 1 is 1.20 bits per heavy atom. The van der Waals surface area contributed by atoms with Crippen LogP contribution in [-0.2, 0) is 0 Å². The molecule has 0 spiro atoms. The van der Waals surface area contributed by atoms with E-state index in [-0.39, 0.29) is 0 Å². The Labute approximate surface area is 92.7 Å². The molecule has 76 valence electrons. The van der Waals surface area contributed by atoms with Gasteiger partial charge in [-0.1, -0.05) is 17.7 Å². The molecule has 3 nitrogen and oxygen atoms in total. The largest absolute Gasteiger partial charge is 0.437 e. The van der Waals surface area contributed by atoms with E-state index in [1.807, 2.05) is 19.1 Å². The smallest absolute Gasteiger partial charge is 0.220 e. The highest BCUT2D eigenvalue weighted by atomic mass is 35.5. The Kier molecular flexibility index (Phi) is 2.83. The third-order valence-corrected chi connectivity index (χ3v) is 2.07. The van der Waals surface area contributed by atoms with Gasteiger partial charge in [0, 0.05) is 12.3 Å². The molecule has 0 saturated carbocycles. The molecule has 2 rings (SSSR count). The molecule has 0 atom stereocenters. The molecular formula is C11H9ClN2O. The minimum Gasteiger partial charge on any atom is -0.437 e. The second kappa shape index (κ2) is 4.28. The molecule has 0 aliphatic rings. The number of nitrogens with zero attached hydrogens (tertiary/aromatic N) is 2. The van der Waals surface area contributed by atoms with E-state index in [1.165, 1.54) is 0 Å². The van der Waals surface area contributed by atoms with Gasteiger partial charge in [-0.05, 0) is 25.1 Å².